The number of carboxylic acids is 1. The summed E-state index contributed by atoms with van der Waals surface area (Å²) in [5.41, 5.74) is 5.06. The lowest BCUT2D eigenvalue weighted by molar-refractivity contribution is -0.147. The van der Waals surface area contributed by atoms with Gasteiger partial charge in [-0.2, -0.15) is 4.31 Å². The van der Waals surface area contributed by atoms with Crippen molar-refractivity contribution in [1.29, 1.82) is 0 Å². The molecule has 48 heavy (non-hydrogen) atoms. The lowest BCUT2D eigenvalue weighted by Gasteiger charge is -2.38. The number of pyridine rings is 1. The third-order valence-corrected chi connectivity index (χ3v) is 12.4. The lowest BCUT2D eigenvalue weighted by Crippen LogP contribution is -2.50. The van der Waals surface area contributed by atoms with Crippen LogP contribution in [-0.4, -0.2) is 69.1 Å². The van der Waals surface area contributed by atoms with Crippen molar-refractivity contribution in [3.05, 3.63) is 76.0 Å². The normalized spacial score (nSPS) is 19.9. The molecule has 1 atom stereocenters. The average molecular weight is 674 g/mol. The molecule has 0 radical (unpaired) electrons. The van der Waals surface area contributed by atoms with Gasteiger partial charge in [-0.3, -0.25) is 4.79 Å². The Hall–Kier alpha value is -3.87. The minimum Gasteiger partial charge on any atom is -0.481 e. The van der Waals surface area contributed by atoms with E-state index in [9.17, 15) is 18.3 Å². The summed E-state index contributed by atoms with van der Waals surface area (Å²) in [4.78, 5) is 17.3. The molecule has 2 aromatic heterocycles. The standard InChI is InChI=1S/C36H43N5O6S/c1-22-8-11-26(18-27(22)20-40-21-36(12-15-46-16-13-36)47-33-29(48(40,44)45)7-6-14-37-33)30(35(4,5)34(42)43)28-17-23(2)32-31(24(28)3)38-39-41(32)19-25-9-10-25/h6-8,11,14,17-18,25,30H,9-10,12-13,15-16,19-21H2,1-5H3,(H,42,43). The zero-order chi connectivity index (χ0) is 34.0. The predicted molar refractivity (Wildman–Crippen MR) is 179 cm³/mol. The smallest absolute Gasteiger partial charge is 0.310 e. The van der Waals surface area contributed by atoms with Gasteiger partial charge in [-0.25, -0.2) is 18.1 Å². The number of carboxylic acid groups (broad SMARTS) is 1. The second-order valence-electron chi connectivity index (χ2n) is 14.4. The number of aromatic nitrogens is 4. The Kier molecular flexibility index (Phi) is 8.11. The Morgan fingerprint density at radius 3 is 2.56 bits per heavy atom. The van der Waals surface area contributed by atoms with Crippen molar-refractivity contribution in [3.63, 3.8) is 0 Å². The Morgan fingerprint density at radius 1 is 1.10 bits per heavy atom. The summed E-state index contributed by atoms with van der Waals surface area (Å²) in [7, 11) is -3.98. The van der Waals surface area contributed by atoms with Crippen molar-refractivity contribution in [1.82, 2.24) is 24.3 Å². The van der Waals surface area contributed by atoms with E-state index in [1.165, 1.54) is 17.1 Å². The summed E-state index contributed by atoms with van der Waals surface area (Å²) < 4.78 is 43.9. The number of hydrogen-bond donors (Lipinski definition) is 1. The molecule has 12 heteroatoms. The van der Waals surface area contributed by atoms with Crippen LogP contribution in [0.4, 0.5) is 0 Å². The fraction of sp³-hybridized carbons (Fsp3) is 0.500. The predicted octanol–water partition coefficient (Wildman–Crippen LogP) is 5.54. The molecule has 1 aliphatic carbocycles. The molecule has 1 spiro atoms. The van der Waals surface area contributed by atoms with Crippen LogP contribution in [0, 0.1) is 32.1 Å². The maximum Gasteiger partial charge on any atom is 0.310 e. The number of sulfonamides is 1. The van der Waals surface area contributed by atoms with Gasteiger partial charge in [0.05, 0.1) is 30.7 Å². The van der Waals surface area contributed by atoms with Gasteiger partial charge in [0.25, 0.3) is 0 Å². The number of aliphatic carboxylic acids is 1. The van der Waals surface area contributed by atoms with E-state index in [4.69, 9.17) is 9.47 Å². The van der Waals surface area contributed by atoms with Gasteiger partial charge in [0, 0.05) is 38.0 Å². The number of ether oxygens (including phenoxy) is 2. The second-order valence-corrected chi connectivity index (χ2v) is 16.3. The molecule has 2 fully saturated rings. The first-order chi connectivity index (χ1) is 22.8. The lowest BCUT2D eigenvalue weighted by atomic mass is 9.69. The summed E-state index contributed by atoms with van der Waals surface area (Å²) in [5, 5.41) is 19.7. The van der Waals surface area contributed by atoms with Gasteiger partial charge >= 0.3 is 5.97 Å². The minimum atomic E-state index is -3.98. The number of hydrogen-bond acceptors (Lipinski definition) is 8. The zero-order valence-corrected chi connectivity index (χ0v) is 29.0. The highest BCUT2D eigenvalue weighted by molar-refractivity contribution is 7.89. The zero-order valence-electron chi connectivity index (χ0n) is 28.2. The monoisotopic (exact) mass is 673 g/mol. The molecule has 7 rings (SSSR count). The van der Waals surface area contributed by atoms with Crippen LogP contribution in [0.2, 0.25) is 0 Å². The molecule has 0 amide bonds. The van der Waals surface area contributed by atoms with E-state index in [1.807, 2.05) is 43.7 Å². The molecule has 4 aromatic rings. The van der Waals surface area contributed by atoms with Gasteiger partial charge < -0.3 is 14.6 Å². The van der Waals surface area contributed by atoms with E-state index in [0.29, 0.717) is 32.0 Å². The van der Waals surface area contributed by atoms with Crippen LogP contribution in [0.25, 0.3) is 11.0 Å². The Bertz CT molecular complexity index is 2010. The van der Waals surface area contributed by atoms with E-state index in [-0.39, 0.29) is 23.9 Å². The minimum absolute atomic E-state index is 0.0428. The Labute approximate surface area is 281 Å². The van der Waals surface area contributed by atoms with Crippen LogP contribution in [0.3, 0.4) is 0 Å². The van der Waals surface area contributed by atoms with Crippen LogP contribution in [0.5, 0.6) is 5.88 Å². The number of fused-ring (bicyclic) bond motifs is 2. The van der Waals surface area contributed by atoms with Crippen LogP contribution in [-0.2, 0) is 32.6 Å². The van der Waals surface area contributed by atoms with Gasteiger partial charge in [-0.1, -0.05) is 29.5 Å². The molecular weight excluding hydrogens is 630 g/mol. The first kappa shape index (κ1) is 32.7. The summed E-state index contributed by atoms with van der Waals surface area (Å²) in [6.45, 7) is 11.5. The van der Waals surface area contributed by atoms with Crippen molar-refractivity contribution in [2.45, 2.75) is 89.8 Å². The highest BCUT2D eigenvalue weighted by Gasteiger charge is 2.46. The third kappa shape index (κ3) is 5.67. The highest BCUT2D eigenvalue weighted by Crippen LogP contribution is 2.45. The molecule has 11 nitrogen and oxygen atoms in total. The molecule has 2 aromatic carbocycles. The van der Waals surface area contributed by atoms with Gasteiger partial charge in [0.1, 0.15) is 16.0 Å². The van der Waals surface area contributed by atoms with E-state index < -0.39 is 32.9 Å². The van der Waals surface area contributed by atoms with Gasteiger partial charge in [0.15, 0.2) is 0 Å². The van der Waals surface area contributed by atoms with Crippen LogP contribution < -0.4 is 4.74 Å². The maximum absolute atomic E-state index is 14.2. The summed E-state index contributed by atoms with van der Waals surface area (Å²) in [6.07, 6.45) is 5.02. The Morgan fingerprint density at radius 2 is 1.85 bits per heavy atom. The van der Waals surface area contributed by atoms with Crippen LogP contribution >= 0.6 is 0 Å². The fourth-order valence-corrected chi connectivity index (χ4v) is 8.95. The summed E-state index contributed by atoms with van der Waals surface area (Å²) in [6, 6.07) is 11.2. The fourth-order valence-electron chi connectivity index (χ4n) is 7.39. The van der Waals surface area contributed by atoms with Crippen molar-refractivity contribution in [3.8, 4) is 5.88 Å². The third-order valence-electron chi connectivity index (χ3n) is 10.6. The van der Waals surface area contributed by atoms with Gasteiger partial charge in [-0.15, -0.1) is 5.10 Å². The Balaban J connectivity index is 1.32. The molecule has 1 N–H and O–H groups in total. The van der Waals surface area contributed by atoms with Crippen molar-refractivity contribution >= 4 is 27.0 Å². The van der Waals surface area contributed by atoms with Crippen LogP contribution in [0.15, 0.2) is 47.5 Å². The van der Waals surface area contributed by atoms with Crippen molar-refractivity contribution in [2.75, 3.05) is 19.8 Å². The van der Waals surface area contributed by atoms with E-state index in [0.717, 1.165) is 51.0 Å². The number of carbonyl (C=O) groups is 1. The summed E-state index contributed by atoms with van der Waals surface area (Å²) >= 11 is 0. The van der Waals surface area contributed by atoms with Gasteiger partial charge in [0.2, 0.25) is 15.9 Å². The SMILES string of the molecule is Cc1ccc(C(c2cc(C)c3c(nnn3CC3CC3)c2C)C(C)(C)C(=O)O)cc1CN1CC2(CCOCC2)Oc2ncccc2S1(=O)=O. The molecule has 1 saturated heterocycles. The van der Waals surface area contributed by atoms with Crippen LogP contribution in [0.1, 0.15) is 78.8 Å². The number of benzene rings is 2. The maximum atomic E-state index is 14.2. The topological polar surface area (TPSA) is 137 Å². The van der Waals surface area contributed by atoms with E-state index in [2.05, 4.69) is 21.4 Å². The molecule has 1 saturated carbocycles. The first-order valence-electron chi connectivity index (χ1n) is 16.7. The average Bonchev–Trinajstić information content (AvgIpc) is 3.77. The highest BCUT2D eigenvalue weighted by atomic mass is 32.2. The van der Waals surface area contributed by atoms with Crippen molar-refractivity contribution in [2.24, 2.45) is 11.3 Å². The number of rotatable bonds is 8. The number of aryl methyl sites for hydroxylation is 3. The first-order valence-corrected chi connectivity index (χ1v) is 18.1. The molecule has 1 unspecified atom stereocenters. The van der Waals surface area contributed by atoms with E-state index >= 15 is 0 Å². The van der Waals surface area contributed by atoms with E-state index in [1.54, 1.807) is 32.2 Å². The molecule has 254 valence electrons. The van der Waals surface area contributed by atoms with Gasteiger partial charge in [-0.05, 0) is 98.9 Å². The molecular formula is C36H43N5O6S. The molecule has 4 heterocycles. The summed E-state index contributed by atoms with van der Waals surface area (Å²) in [5.74, 6) is -0.737. The number of nitrogens with zero attached hydrogens (tertiary/aromatic N) is 5. The quantitative estimate of drug-likeness (QED) is 0.256. The largest absolute Gasteiger partial charge is 0.481 e. The van der Waals surface area contributed by atoms with Crippen molar-refractivity contribution < 1.29 is 27.8 Å². The molecule has 2 aliphatic heterocycles. The molecule has 3 aliphatic rings. The molecule has 0 bridgehead atoms. The second kappa shape index (κ2) is 11.9.